The number of nitrogens with zero attached hydrogens (tertiary/aromatic N) is 3. The maximum absolute atomic E-state index is 12.4. The Balaban J connectivity index is 2.11. The van der Waals surface area contributed by atoms with Crippen molar-refractivity contribution in [2.45, 2.75) is 19.4 Å². The van der Waals surface area contributed by atoms with Crippen molar-refractivity contribution in [1.29, 1.82) is 0 Å². The van der Waals surface area contributed by atoms with Crippen molar-refractivity contribution in [3.8, 4) is 0 Å². The summed E-state index contributed by atoms with van der Waals surface area (Å²) in [5.41, 5.74) is 0.621. The van der Waals surface area contributed by atoms with Gasteiger partial charge < -0.3 is 19.3 Å². The van der Waals surface area contributed by atoms with Gasteiger partial charge in [0.05, 0.1) is 5.69 Å². The molecule has 1 aromatic rings. The van der Waals surface area contributed by atoms with Crippen LogP contribution in [0.4, 0.5) is 0 Å². The molecule has 1 saturated heterocycles. The monoisotopic (exact) mass is 267 g/mol. The predicted octanol–water partition coefficient (Wildman–Crippen LogP) is 0.368. The average molecular weight is 267 g/mol. The van der Waals surface area contributed by atoms with E-state index in [2.05, 4.69) is 9.88 Å². The summed E-state index contributed by atoms with van der Waals surface area (Å²) in [6.45, 7) is 3.18. The standard InChI is InChI=1S/C13H21N3O3/c1-9-12(19-8-14-9)13(18)16-5-4-10(7-17)11(6-16)15(2)3/h8,10-11,17H,4-7H2,1-3H3/t10-,11-/m1/s1. The topological polar surface area (TPSA) is 69.8 Å². The first-order chi connectivity index (χ1) is 9.04. The smallest absolute Gasteiger partial charge is 0.291 e. The maximum Gasteiger partial charge on any atom is 0.291 e. The summed E-state index contributed by atoms with van der Waals surface area (Å²) in [6.07, 6.45) is 2.10. The van der Waals surface area contributed by atoms with E-state index in [0.717, 1.165) is 6.42 Å². The van der Waals surface area contributed by atoms with Crippen molar-refractivity contribution in [2.75, 3.05) is 33.8 Å². The van der Waals surface area contributed by atoms with Crippen LogP contribution < -0.4 is 0 Å². The van der Waals surface area contributed by atoms with E-state index in [9.17, 15) is 9.90 Å². The minimum absolute atomic E-state index is 0.113. The van der Waals surface area contributed by atoms with Crippen LogP contribution in [0.15, 0.2) is 10.8 Å². The fraction of sp³-hybridized carbons (Fsp3) is 0.692. The minimum atomic E-state index is -0.113. The van der Waals surface area contributed by atoms with Gasteiger partial charge in [-0.1, -0.05) is 0 Å². The zero-order chi connectivity index (χ0) is 14.0. The van der Waals surface area contributed by atoms with E-state index in [1.165, 1.54) is 6.39 Å². The molecule has 1 N–H and O–H groups in total. The first-order valence-electron chi connectivity index (χ1n) is 6.51. The molecule has 6 heteroatoms. The molecule has 0 radical (unpaired) electrons. The van der Waals surface area contributed by atoms with E-state index in [1.807, 2.05) is 14.1 Å². The average Bonchev–Trinajstić information content (AvgIpc) is 2.83. The highest BCUT2D eigenvalue weighted by atomic mass is 16.3. The van der Waals surface area contributed by atoms with Crippen molar-refractivity contribution in [3.63, 3.8) is 0 Å². The van der Waals surface area contributed by atoms with E-state index in [4.69, 9.17) is 4.42 Å². The van der Waals surface area contributed by atoms with Crippen LogP contribution in [0.2, 0.25) is 0 Å². The van der Waals surface area contributed by atoms with Crippen LogP contribution in [0.3, 0.4) is 0 Å². The van der Waals surface area contributed by atoms with Crippen LogP contribution in [-0.4, -0.2) is 65.6 Å². The molecule has 0 unspecified atom stereocenters. The summed E-state index contributed by atoms with van der Waals surface area (Å²) in [6, 6.07) is 0.172. The van der Waals surface area contributed by atoms with Gasteiger partial charge in [-0.2, -0.15) is 0 Å². The molecule has 0 bridgehead atoms. The molecule has 2 rings (SSSR count). The molecule has 0 saturated carbocycles. The Morgan fingerprint density at radius 3 is 2.89 bits per heavy atom. The van der Waals surface area contributed by atoms with Gasteiger partial charge in [0.2, 0.25) is 5.76 Å². The fourth-order valence-electron chi connectivity index (χ4n) is 2.61. The number of likely N-dealkylation sites (tertiary alicyclic amines) is 1. The van der Waals surface area contributed by atoms with Gasteiger partial charge in [0.1, 0.15) is 0 Å². The molecule has 106 valence electrons. The van der Waals surface area contributed by atoms with Crippen molar-refractivity contribution in [3.05, 3.63) is 17.8 Å². The van der Waals surface area contributed by atoms with Gasteiger partial charge in [0, 0.05) is 31.7 Å². The van der Waals surface area contributed by atoms with Crippen LogP contribution in [-0.2, 0) is 0 Å². The number of piperidine rings is 1. The zero-order valence-electron chi connectivity index (χ0n) is 11.7. The molecule has 0 spiro atoms. The predicted molar refractivity (Wildman–Crippen MR) is 69.8 cm³/mol. The molecule has 0 aromatic carbocycles. The molecule has 6 nitrogen and oxygen atoms in total. The van der Waals surface area contributed by atoms with Crippen LogP contribution in [0.25, 0.3) is 0 Å². The summed E-state index contributed by atoms with van der Waals surface area (Å²) >= 11 is 0. The van der Waals surface area contributed by atoms with Crippen molar-refractivity contribution >= 4 is 5.91 Å². The third-order valence-electron chi connectivity index (χ3n) is 3.85. The Labute approximate surface area is 113 Å². The highest BCUT2D eigenvalue weighted by Crippen LogP contribution is 2.22. The number of aliphatic hydroxyl groups excluding tert-OH is 1. The van der Waals surface area contributed by atoms with Crippen molar-refractivity contribution in [1.82, 2.24) is 14.8 Å². The summed E-state index contributed by atoms with van der Waals surface area (Å²) in [5.74, 6) is 0.424. The first-order valence-corrected chi connectivity index (χ1v) is 6.51. The number of oxazole rings is 1. The van der Waals surface area contributed by atoms with E-state index < -0.39 is 0 Å². The highest BCUT2D eigenvalue weighted by molar-refractivity contribution is 5.92. The second-order valence-corrected chi connectivity index (χ2v) is 5.28. The van der Waals surface area contributed by atoms with Crippen LogP contribution in [0.5, 0.6) is 0 Å². The zero-order valence-corrected chi connectivity index (χ0v) is 11.7. The lowest BCUT2D eigenvalue weighted by atomic mass is 9.91. The molecule has 0 aliphatic carbocycles. The molecule has 1 fully saturated rings. The lowest BCUT2D eigenvalue weighted by Crippen LogP contribution is -2.53. The molecule has 19 heavy (non-hydrogen) atoms. The molecule has 1 aliphatic rings. The Morgan fingerprint density at radius 1 is 1.63 bits per heavy atom. The Bertz CT molecular complexity index is 444. The van der Waals surface area contributed by atoms with Crippen molar-refractivity contribution < 1.29 is 14.3 Å². The number of aromatic nitrogens is 1. The number of hydrogen-bond acceptors (Lipinski definition) is 5. The second kappa shape index (κ2) is 5.71. The van der Waals surface area contributed by atoms with Gasteiger partial charge in [-0.15, -0.1) is 0 Å². The Hall–Kier alpha value is -1.40. The van der Waals surface area contributed by atoms with Gasteiger partial charge in [0.15, 0.2) is 6.39 Å². The Morgan fingerprint density at radius 2 is 2.37 bits per heavy atom. The van der Waals surface area contributed by atoms with Crippen LogP contribution in [0, 0.1) is 12.8 Å². The number of rotatable bonds is 3. The van der Waals surface area contributed by atoms with E-state index in [0.29, 0.717) is 24.5 Å². The molecule has 1 aromatic heterocycles. The van der Waals surface area contributed by atoms with E-state index >= 15 is 0 Å². The van der Waals surface area contributed by atoms with Gasteiger partial charge in [-0.05, 0) is 27.4 Å². The van der Waals surface area contributed by atoms with Crippen LogP contribution in [0.1, 0.15) is 22.7 Å². The highest BCUT2D eigenvalue weighted by Gasteiger charge is 2.34. The van der Waals surface area contributed by atoms with Crippen molar-refractivity contribution in [2.24, 2.45) is 5.92 Å². The third-order valence-corrected chi connectivity index (χ3v) is 3.85. The molecular formula is C13H21N3O3. The normalized spacial score (nSPS) is 23.9. The first kappa shape index (κ1) is 14.0. The van der Waals surface area contributed by atoms with E-state index in [1.54, 1.807) is 11.8 Å². The minimum Gasteiger partial charge on any atom is -0.438 e. The Kier molecular flexibility index (Phi) is 4.21. The van der Waals surface area contributed by atoms with Crippen LogP contribution >= 0.6 is 0 Å². The quantitative estimate of drug-likeness (QED) is 0.856. The number of aliphatic hydroxyl groups is 1. The number of aryl methyl sites for hydroxylation is 1. The van der Waals surface area contributed by atoms with Gasteiger partial charge >= 0.3 is 0 Å². The summed E-state index contributed by atoms with van der Waals surface area (Å²) in [4.78, 5) is 20.2. The largest absolute Gasteiger partial charge is 0.438 e. The lowest BCUT2D eigenvalue weighted by molar-refractivity contribution is 0.0357. The van der Waals surface area contributed by atoms with E-state index in [-0.39, 0.29) is 24.5 Å². The number of likely N-dealkylation sites (N-methyl/N-ethyl adjacent to an activating group) is 1. The van der Waals surface area contributed by atoms with Gasteiger partial charge in [-0.25, -0.2) is 4.98 Å². The number of amides is 1. The molecule has 1 aliphatic heterocycles. The summed E-state index contributed by atoms with van der Waals surface area (Å²) < 4.78 is 5.16. The number of carbonyl (C=O) groups excluding carboxylic acids is 1. The SMILES string of the molecule is Cc1ncoc1C(=O)N1CC[C@H](CO)[C@H](N(C)C)C1. The number of hydrogen-bond donors (Lipinski definition) is 1. The molecule has 2 atom stereocenters. The molecule has 2 heterocycles. The second-order valence-electron chi connectivity index (χ2n) is 5.28. The third kappa shape index (κ3) is 2.79. The van der Waals surface area contributed by atoms with Gasteiger partial charge in [0.25, 0.3) is 5.91 Å². The van der Waals surface area contributed by atoms with Gasteiger partial charge in [-0.3, -0.25) is 4.79 Å². The lowest BCUT2D eigenvalue weighted by Gasteiger charge is -2.40. The molecule has 1 amide bonds. The molecular weight excluding hydrogens is 246 g/mol. The summed E-state index contributed by atoms with van der Waals surface area (Å²) in [7, 11) is 3.95. The number of carbonyl (C=O) groups is 1. The summed E-state index contributed by atoms with van der Waals surface area (Å²) in [5, 5.41) is 9.40. The fourth-order valence-corrected chi connectivity index (χ4v) is 2.61. The maximum atomic E-state index is 12.4.